The van der Waals surface area contributed by atoms with E-state index in [1.807, 2.05) is 19.1 Å². The zero-order valence-corrected chi connectivity index (χ0v) is 8.06. The van der Waals surface area contributed by atoms with E-state index in [1.54, 1.807) is 6.07 Å². The molecule has 0 aliphatic rings. The maximum absolute atomic E-state index is 11.2. The number of benzene rings is 1. The molecular formula is C10H8N4O. The monoisotopic (exact) mass is 200 g/mol. The first-order valence-corrected chi connectivity index (χ1v) is 4.39. The molecular weight excluding hydrogens is 192 g/mol. The van der Waals surface area contributed by atoms with Crippen molar-refractivity contribution in [1.82, 2.24) is 4.98 Å². The predicted molar refractivity (Wildman–Crippen MR) is 58.1 cm³/mol. The van der Waals surface area contributed by atoms with Crippen molar-refractivity contribution in [3.05, 3.63) is 50.6 Å². The van der Waals surface area contributed by atoms with Crippen LogP contribution in [-0.4, -0.2) is 4.98 Å². The molecule has 0 unspecified atom stereocenters. The summed E-state index contributed by atoms with van der Waals surface area (Å²) in [6.45, 7) is 1.93. The van der Waals surface area contributed by atoms with Crippen LogP contribution in [0.4, 0.5) is 5.69 Å². The molecule has 5 nitrogen and oxygen atoms in total. The van der Waals surface area contributed by atoms with Crippen LogP contribution in [0.5, 0.6) is 0 Å². The second-order valence-electron chi connectivity index (χ2n) is 3.26. The van der Waals surface area contributed by atoms with Gasteiger partial charge in [-0.15, -0.1) is 0 Å². The second kappa shape index (κ2) is 3.48. The molecule has 74 valence electrons. The molecule has 1 aromatic heterocycles. The summed E-state index contributed by atoms with van der Waals surface area (Å²) in [4.78, 5) is 16.6. The average molecular weight is 200 g/mol. The fourth-order valence-corrected chi connectivity index (χ4v) is 1.48. The molecule has 1 N–H and O–H groups in total. The van der Waals surface area contributed by atoms with Gasteiger partial charge in [0.2, 0.25) is 5.56 Å². The molecule has 2 aromatic rings. The van der Waals surface area contributed by atoms with E-state index in [9.17, 15) is 4.79 Å². The molecule has 0 amide bonds. The maximum atomic E-state index is 11.2. The van der Waals surface area contributed by atoms with E-state index in [4.69, 9.17) is 5.53 Å². The van der Waals surface area contributed by atoms with E-state index in [0.29, 0.717) is 11.2 Å². The number of nitrogens with zero attached hydrogens (tertiary/aromatic N) is 3. The largest absolute Gasteiger partial charge is 0.322 e. The molecule has 2 rings (SSSR count). The third-order valence-corrected chi connectivity index (χ3v) is 2.13. The molecule has 0 saturated heterocycles. The molecule has 5 heteroatoms. The standard InChI is InChI=1S/C10H8N4O/c1-6-2-3-8-7(4-6)9(13-14-11)5-10(15)12-8/h2-5H,1H3,(H,12,15). The predicted octanol–water partition coefficient (Wildman–Crippen LogP) is 2.78. The Labute approximate surface area is 85.0 Å². The van der Waals surface area contributed by atoms with Gasteiger partial charge in [0, 0.05) is 21.9 Å². The Morgan fingerprint density at radius 2 is 2.20 bits per heavy atom. The first kappa shape index (κ1) is 9.30. The number of hydrogen-bond donors (Lipinski definition) is 1. The van der Waals surface area contributed by atoms with E-state index in [0.717, 1.165) is 10.9 Å². The van der Waals surface area contributed by atoms with Crippen molar-refractivity contribution in [2.24, 2.45) is 5.11 Å². The summed E-state index contributed by atoms with van der Waals surface area (Å²) >= 11 is 0. The normalized spacial score (nSPS) is 9.93. The molecule has 1 heterocycles. The lowest BCUT2D eigenvalue weighted by Gasteiger charge is -2.01. The Kier molecular flexibility index (Phi) is 2.15. The smallest absolute Gasteiger partial charge is 0.248 e. The fraction of sp³-hybridized carbons (Fsp3) is 0.100. The van der Waals surface area contributed by atoms with Crippen LogP contribution in [0.2, 0.25) is 0 Å². The number of pyridine rings is 1. The molecule has 0 bridgehead atoms. The molecule has 0 fully saturated rings. The zero-order chi connectivity index (χ0) is 10.8. The lowest BCUT2D eigenvalue weighted by atomic mass is 10.1. The van der Waals surface area contributed by atoms with E-state index in [-0.39, 0.29) is 5.56 Å². The van der Waals surface area contributed by atoms with Crippen molar-refractivity contribution in [2.75, 3.05) is 0 Å². The Bertz CT molecular complexity index is 623. The summed E-state index contributed by atoms with van der Waals surface area (Å²) < 4.78 is 0. The summed E-state index contributed by atoms with van der Waals surface area (Å²) in [5, 5.41) is 4.25. The highest BCUT2D eigenvalue weighted by Crippen LogP contribution is 2.23. The van der Waals surface area contributed by atoms with Crippen LogP contribution in [-0.2, 0) is 0 Å². The summed E-state index contributed by atoms with van der Waals surface area (Å²) in [7, 11) is 0. The number of fused-ring (bicyclic) bond motifs is 1. The summed E-state index contributed by atoms with van der Waals surface area (Å²) in [6, 6.07) is 6.84. The Hall–Kier alpha value is -2.26. The minimum atomic E-state index is -0.270. The van der Waals surface area contributed by atoms with Crippen LogP contribution in [0.3, 0.4) is 0 Å². The summed E-state index contributed by atoms with van der Waals surface area (Å²) in [5.74, 6) is 0. The van der Waals surface area contributed by atoms with Gasteiger partial charge in [-0.1, -0.05) is 16.7 Å². The number of hydrogen-bond acceptors (Lipinski definition) is 2. The minimum Gasteiger partial charge on any atom is -0.322 e. The van der Waals surface area contributed by atoms with Crippen molar-refractivity contribution < 1.29 is 0 Å². The maximum Gasteiger partial charge on any atom is 0.248 e. The van der Waals surface area contributed by atoms with Crippen LogP contribution in [0.1, 0.15) is 5.56 Å². The molecule has 15 heavy (non-hydrogen) atoms. The highest BCUT2D eigenvalue weighted by molar-refractivity contribution is 5.89. The van der Waals surface area contributed by atoms with Crippen LogP contribution < -0.4 is 5.56 Å². The topological polar surface area (TPSA) is 81.6 Å². The van der Waals surface area contributed by atoms with Gasteiger partial charge >= 0.3 is 0 Å². The molecule has 0 aliphatic heterocycles. The molecule has 0 spiro atoms. The first-order valence-electron chi connectivity index (χ1n) is 4.39. The van der Waals surface area contributed by atoms with E-state index in [1.165, 1.54) is 6.07 Å². The first-order chi connectivity index (χ1) is 7.20. The van der Waals surface area contributed by atoms with Crippen molar-refractivity contribution in [2.45, 2.75) is 6.92 Å². The molecule has 0 radical (unpaired) electrons. The van der Waals surface area contributed by atoms with Crippen LogP contribution in [0.15, 0.2) is 34.2 Å². The van der Waals surface area contributed by atoms with Gasteiger partial charge in [0.05, 0.1) is 5.69 Å². The van der Waals surface area contributed by atoms with Crippen molar-refractivity contribution in [1.29, 1.82) is 0 Å². The highest BCUT2D eigenvalue weighted by atomic mass is 16.1. The SMILES string of the molecule is Cc1ccc2[nH]c(=O)cc(N=[N+]=[N-])c2c1. The number of azide groups is 1. The lowest BCUT2D eigenvalue weighted by molar-refractivity contribution is 1.29. The lowest BCUT2D eigenvalue weighted by Crippen LogP contribution is -2.02. The second-order valence-corrected chi connectivity index (χ2v) is 3.26. The molecule has 0 saturated carbocycles. The Balaban J connectivity index is 2.93. The van der Waals surface area contributed by atoms with Crippen molar-refractivity contribution in [3.63, 3.8) is 0 Å². The zero-order valence-electron chi connectivity index (χ0n) is 8.06. The summed E-state index contributed by atoms with van der Waals surface area (Å²) in [6.07, 6.45) is 0. The quantitative estimate of drug-likeness (QED) is 0.428. The fourth-order valence-electron chi connectivity index (χ4n) is 1.48. The number of H-pyrrole nitrogens is 1. The molecule has 1 aromatic carbocycles. The van der Waals surface area contributed by atoms with Crippen LogP contribution in [0, 0.1) is 6.92 Å². The Morgan fingerprint density at radius 1 is 1.40 bits per heavy atom. The number of aromatic amines is 1. The summed E-state index contributed by atoms with van der Waals surface area (Å²) in [5.41, 5.74) is 10.2. The van der Waals surface area contributed by atoms with Gasteiger partial charge in [-0.25, -0.2) is 0 Å². The molecule has 0 aliphatic carbocycles. The van der Waals surface area contributed by atoms with E-state index in [2.05, 4.69) is 15.0 Å². The number of nitrogens with one attached hydrogen (secondary N) is 1. The van der Waals surface area contributed by atoms with Gasteiger partial charge < -0.3 is 4.98 Å². The van der Waals surface area contributed by atoms with E-state index >= 15 is 0 Å². The van der Waals surface area contributed by atoms with Crippen molar-refractivity contribution >= 4 is 16.6 Å². The van der Waals surface area contributed by atoms with Gasteiger partial charge in [0.25, 0.3) is 0 Å². The van der Waals surface area contributed by atoms with Gasteiger partial charge in [-0.05, 0) is 24.6 Å². The number of rotatable bonds is 1. The van der Waals surface area contributed by atoms with Crippen LogP contribution >= 0.6 is 0 Å². The third kappa shape index (κ3) is 1.68. The van der Waals surface area contributed by atoms with Crippen LogP contribution in [0.25, 0.3) is 21.3 Å². The van der Waals surface area contributed by atoms with Gasteiger partial charge in [-0.2, -0.15) is 0 Å². The van der Waals surface area contributed by atoms with Gasteiger partial charge in [0.1, 0.15) is 0 Å². The highest BCUT2D eigenvalue weighted by Gasteiger charge is 2.01. The molecule has 0 atom stereocenters. The van der Waals surface area contributed by atoms with Crippen molar-refractivity contribution in [3.8, 4) is 0 Å². The Morgan fingerprint density at radius 3 is 2.93 bits per heavy atom. The average Bonchev–Trinajstić information content (AvgIpc) is 2.19. The van der Waals surface area contributed by atoms with E-state index < -0.39 is 0 Å². The minimum absolute atomic E-state index is 0.270. The van der Waals surface area contributed by atoms with Gasteiger partial charge in [0.15, 0.2) is 0 Å². The number of aromatic nitrogens is 1. The van der Waals surface area contributed by atoms with Gasteiger partial charge in [-0.3, -0.25) is 4.79 Å². The third-order valence-electron chi connectivity index (χ3n) is 2.13. The number of aryl methyl sites for hydroxylation is 1.